The van der Waals surface area contributed by atoms with Crippen LogP contribution in [-0.4, -0.2) is 19.9 Å². The van der Waals surface area contributed by atoms with Crippen molar-refractivity contribution in [3.63, 3.8) is 0 Å². The summed E-state index contributed by atoms with van der Waals surface area (Å²) in [6, 6.07) is 24.0. The fourth-order valence-corrected chi connectivity index (χ4v) is 2.53. The molecule has 114 valence electrons. The van der Waals surface area contributed by atoms with Gasteiger partial charge in [0, 0.05) is 11.1 Å². The molecule has 4 aromatic rings. The first-order valence-electron chi connectivity index (χ1n) is 7.65. The molecule has 4 rings (SSSR count). The predicted molar refractivity (Wildman–Crippen MR) is 93.9 cm³/mol. The Morgan fingerprint density at radius 2 is 0.792 bits per heavy atom. The third-order valence-electron chi connectivity index (χ3n) is 3.74. The van der Waals surface area contributed by atoms with Gasteiger partial charge in [0.1, 0.15) is 12.7 Å². The molecular weight excluding hydrogens is 296 g/mol. The van der Waals surface area contributed by atoms with E-state index in [1.54, 1.807) is 12.7 Å². The van der Waals surface area contributed by atoms with E-state index in [-0.39, 0.29) is 0 Å². The Kier molecular flexibility index (Phi) is 3.78. The number of rotatable bonds is 3. The van der Waals surface area contributed by atoms with Crippen LogP contribution >= 0.6 is 0 Å². The summed E-state index contributed by atoms with van der Waals surface area (Å²) in [4.78, 5) is 17.5. The van der Waals surface area contributed by atoms with Crippen LogP contribution in [0.2, 0.25) is 0 Å². The van der Waals surface area contributed by atoms with Crippen molar-refractivity contribution in [3.8, 4) is 33.9 Å². The maximum atomic E-state index is 4.37. The van der Waals surface area contributed by atoms with Crippen molar-refractivity contribution < 1.29 is 0 Å². The molecule has 2 aromatic carbocycles. The van der Waals surface area contributed by atoms with Crippen LogP contribution in [0.4, 0.5) is 0 Å². The lowest BCUT2D eigenvalue weighted by Crippen LogP contribution is -1.93. The summed E-state index contributed by atoms with van der Waals surface area (Å²) in [6.45, 7) is 0. The van der Waals surface area contributed by atoms with Gasteiger partial charge < -0.3 is 0 Å². The van der Waals surface area contributed by atoms with E-state index in [1.165, 1.54) is 0 Å². The molecule has 2 aromatic heterocycles. The van der Waals surface area contributed by atoms with Crippen LogP contribution in [-0.2, 0) is 0 Å². The average Bonchev–Trinajstić information content (AvgIpc) is 2.70. The molecule has 0 aliphatic rings. The van der Waals surface area contributed by atoms with Crippen LogP contribution in [0.15, 0.2) is 85.5 Å². The average molecular weight is 310 g/mol. The van der Waals surface area contributed by atoms with Crippen molar-refractivity contribution in [2.45, 2.75) is 0 Å². The highest BCUT2D eigenvalue weighted by Gasteiger charge is 2.07. The quantitative estimate of drug-likeness (QED) is 0.567. The summed E-state index contributed by atoms with van der Waals surface area (Å²) in [5.41, 5.74) is 5.42. The first kappa shape index (κ1) is 14.2. The number of nitrogens with zero attached hydrogens (tertiary/aromatic N) is 4. The van der Waals surface area contributed by atoms with Crippen LogP contribution in [0, 0.1) is 0 Å². The minimum atomic E-state index is 0.781. The van der Waals surface area contributed by atoms with Crippen molar-refractivity contribution in [1.29, 1.82) is 0 Å². The normalized spacial score (nSPS) is 10.5. The molecule has 4 nitrogen and oxygen atoms in total. The van der Waals surface area contributed by atoms with Gasteiger partial charge in [-0.3, -0.25) is 0 Å². The van der Waals surface area contributed by atoms with Crippen molar-refractivity contribution >= 4 is 0 Å². The fraction of sp³-hybridized carbons (Fsp3) is 0. The zero-order valence-corrected chi connectivity index (χ0v) is 12.9. The Morgan fingerprint density at radius 1 is 0.417 bits per heavy atom. The second kappa shape index (κ2) is 6.38. The van der Waals surface area contributed by atoms with Crippen LogP contribution < -0.4 is 0 Å². The Morgan fingerprint density at radius 3 is 1.21 bits per heavy atom. The number of benzene rings is 2. The highest BCUT2D eigenvalue weighted by molar-refractivity contribution is 5.69. The SMILES string of the molecule is c1ccc(-c2cc(-c3cc(-c4ccccc4)ncn3)ncn2)cc1. The van der Waals surface area contributed by atoms with E-state index in [4.69, 9.17) is 0 Å². The van der Waals surface area contributed by atoms with Gasteiger partial charge in [-0.2, -0.15) is 0 Å². The van der Waals surface area contributed by atoms with E-state index in [1.807, 2.05) is 72.8 Å². The highest BCUT2D eigenvalue weighted by atomic mass is 14.9. The predicted octanol–water partition coefficient (Wildman–Crippen LogP) is 4.27. The van der Waals surface area contributed by atoms with Gasteiger partial charge in [0.05, 0.1) is 22.8 Å². The van der Waals surface area contributed by atoms with Crippen LogP contribution in [0.3, 0.4) is 0 Å². The second-order valence-corrected chi connectivity index (χ2v) is 5.31. The molecule has 0 aliphatic carbocycles. The maximum Gasteiger partial charge on any atom is 0.116 e. The van der Waals surface area contributed by atoms with Gasteiger partial charge in [0.2, 0.25) is 0 Å². The highest BCUT2D eigenvalue weighted by Crippen LogP contribution is 2.24. The lowest BCUT2D eigenvalue weighted by molar-refractivity contribution is 1.12. The maximum absolute atomic E-state index is 4.37. The Hall–Kier alpha value is -3.40. The minimum absolute atomic E-state index is 0.781. The standard InChI is InChI=1S/C20H14N4/c1-3-7-15(8-4-1)17-11-19(23-13-21-17)20-12-18(22-14-24-20)16-9-5-2-6-10-16/h1-14H. The Bertz CT molecular complexity index is 872. The van der Waals surface area contributed by atoms with Gasteiger partial charge in [0.25, 0.3) is 0 Å². The lowest BCUT2D eigenvalue weighted by atomic mass is 10.1. The molecule has 0 spiro atoms. The molecule has 0 unspecified atom stereocenters. The molecule has 0 bridgehead atoms. The topological polar surface area (TPSA) is 51.6 Å². The van der Waals surface area contributed by atoms with Crippen molar-refractivity contribution in [1.82, 2.24) is 19.9 Å². The summed E-state index contributed by atoms with van der Waals surface area (Å²) in [7, 11) is 0. The Labute approximate surface area is 139 Å². The van der Waals surface area contributed by atoms with Crippen LogP contribution in [0.5, 0.6) is 0 Å². The van der Waals surface area contributed by atoms with Crippen LogP contribution in [0.1, 0.15) is 0 Å². The van der Waals surface area contributed by atoms with E-state index in [0.29, 0.717) is 0 Å². The Balaban J connectivity index is 1.75. The van der Waals surface area contributed by atoms with Crippen molar-refractivity contribution in [2.24, 2.45) is 0 Å². The summed E-state index contributed by atoms with van der Waals surface area (Å²) in [6.07, 6.45) is 3.14. The summed E-state index contributed by atoms with van der Waals surface area (Å²) >= 11 is 0. The molecule has 0 saturated carbocycles. The van der Waals surface area contributed by atoms with Crippen LogP contribution in [0.25, 0.3) is 33.9 Å². The molecule has 0 fully saturated rings. The molecule has 2 heterocycles. The fourth-order valence-electron chi connectivity index (χ4n) is 2.53. The minimum Gasteiger partial charge on any atom is -0.236 e. The van der Waals surface area contributed by atoms with Gasteiger partial charge in [-0.15, -0.1) is 0 Å². The molecule has 0 N–H and O–H groups in total. The summed E-state index contributed by atoms with van der Waals surface area (Å²) in [5.74, 6) is 0. The molecule has 24 heavy (non-hydrogen) atoms. The summed E-state index contributed by atoms with van der Waals surface area (Å²) < 4.78 is 0. The first-order chi connectivity index (χ1) is 11.9. The molecule has 0 radical (unpaired) electrons. The zero-order chi connectivity index (χ0) is 16.2. The monoisotopic (exact) mass is 310 g/mol. The van der Waals surface area contributed by atoms with Crippen molar-refractivity contribution in [2.75, 3.05) is 0 Å². The van der Waals surface area contributed by atoms with E-state index in [9.17, 15) is 0 Å². The number of hydrogen-bond donors (Lipinski definition) is 0. The van der Waals surface area contributed by atoms with Gasteiger partial charge in [-0.25, -0.2) is 19.9 Å². The van der Waals surface area contributed by atoms with Gasteiger partial charge >= 0.3 is 0 Å². The second-order valence-electron chi connectivity index (χ2n) is 5.31. The number of hydrogen-bond acceptors (Lipinski definition) is 4. The van der Waals surface area contributed by atoms with E-state index >= 15 is 0 Å². The largest absolute Gasteiger partial charge is 0.236 e. The van der Waals surface area contributed by atoms with E-state index in [2.05, 4.69) is 19.9 Å². The third kappa shape index (κ3) is 2.90. The first-order valence-corrected chi connectivity index (χ1v) is 7.65. The molecule has 4 heteroatoms. The van der Waals surface area contributed by atoms with Gasteiger partial charge in [0.15, 0.2) is 0 Å². The summed E-state index contributed by atoms with van der Waals surface area (Å²) in [5, 5.41) is 0. The van der Waals surface area contributed by atoms with Crippen molar-refractivity contribution in [3.05, 3.63) is 85.5 Å². The van der Waals surface area contributed by atoms with E-state index < -0.39 is 0 Å². The van der Waals surface area contributed by atoms with E-state index in [0.717, 1.165) is 33.9 Å². The van der Waals surface area contributed by atoms with Gasteiger partial charge in [-0.1, -0.05) is 60.7 Å². The lowest BCUT2D eigenvalue weighted by Gasteiger charge is -2.05. The molecule has 0 aliphatic heterocycles. The van der Waals surface area contributed by atoms with Gasteiger partial charge in [-0.05, 0) is 12.1 Å². The third-order valence-corrected chi connectivity index (χ3v) is 3.74. The number of aromatic nitrogens is 4. The molecule has 0 amide bonds. The molecule has 0 atom stereocenters. The molecule has 0 saturated heterocycles. The molecular formula is C20H14N4. The smallest absolute Gasteiger partial charge is 0.116 e. The zero-order valence-electron chi connectivity index (χ0n) is 12.9.